The molecule has 0 atom stereocenters. The van der Waals surface area contributed by atoms with Crippen molar-refractivity contribution < 1.29 is 13.9 Å². The maximum absolute atomic E-state index is 12.2. The molecule has 0 bridgehead atoms. The molecule has 0 spiro atoms. The normalized spacial score (nSPS) is 13.2. The van der Waals surface area contributed by atoms with Gasteiger partial charge < -0.3 is 9.15 Å². The zero-order valence-electron chi connectivity index (χ0n) is 9.53. The predicted molar refractivity (Wildman–Crippen MR) is 62.5 cm³/mol. The minimum atomic E-state index is -0.0674. The summed E-state index contributed by atoms with van der Waals surface area (Å²) in [6, 6.07) is 7.33. The Kier molecular flexibility index (Phi) is 2.25. The lowest BCUT2D eigenvalue weighted by Crippen LogP contribution is -2.01. The van der Waals surface area contributed by atoms with Gasteiger partial charge in [0.05, 0.1) is 12.9 Å². The van der Waals surface area contributed by atoms with Crippen LogP contribution in [0.4, 0.5) is 0 Å². The summed E-state index contributed by atoms with van der Waals surface area (Å²) in [7, 11) is 0. The first kappa shape index (κ1) is 10.1. The molecule has 0 saturated carbocycles. The summed E-state index contributed by atoms with van der Waals surface area (Å²) in [5.41, 5.74) is 2.62. The van der Waals surface area contributed by atoms with E-state index in [0.29, 0.717) is 17.9 Å². The molecule has 3 nitrogen and oxygen atoms in total. The van der Waals surface area contributed by atoms with Crippen LogP contribution >= 0.6 is 0 Å². The van der Waals surface area contributed by atoms with Gasteiger partial charge in [-0.05, 0) is 42.3 Å². The number of ether oxygens (including phenoxy) is 1. The van der Waals surface area contributed by atoms with Gasteiger partial charge in [0, 0.05) is 12.0 Å². The number of furan rings is 1. The van der Waals surface area contributed by atoms with E-state index in [0.717, 1.165) is 23.3 Å². The largest absolute Gasteiger partial charge is 0.493 e. The lowest BCUT2D eigenvalue weighted by Gasteiger charge is -2.02. The van der Waals surface area contributed by atoms with E-state index < -0.39 is 0 Å². The maximum atomic E-state index is 12.2. The van der Waals surface area contributed by atoms with Crippen molar-refractivity contribution in [2.24, 2.45) is 0 Å². The molecule has 2 heterocycles. The molecule has 0 amide bonds. The highest BCUT2D eigenvalue weighted by atomic mass is 16.5. The summed E-state index contributed by atoms with van der Waals surface area (Å²) < 4.78 is 10.6. The molecule has 86 valence electrons. The predicted octanol–water partition coefficient (Wildman–Crippen LogP) is 2.75. The lowest BCUT2D eigenvalue weighted by molar-refractivity contribution is 0.101. The SMILES string of the molecule is Cc1ccoc1C(=O)c1ccc2c(c1)CCO2. The van der Waals surface area contributed by atoms with Crippen molar-refractivity contribution in [2.45, 2.75) is 13.3 Å². The van der Waals surface area contributed by atoms with Crippen molar-refractivity contribution in [3.05, 3.63) is 53.0 Å². The molecule has 0 N–H and O–H groups in total. The molecule has 3 heteroatoms. The van der Waals surface area contributed by atoms with E-state index in [4.69, 9.17) is 9.15 Å². The van der Waals surface area contributed by atoms with E-state index in [-0.39, 0.29) is 5.78 Å². The molecule has 0 unspecified atom stereocenters. The Morgan fingerprint density at radius 3 is 2.94 bits per heavy atom. The van der Waals surface area contributed by atoms with Crippen LogP contribution < -0.4 is 4.74 Å². The molecule has 1 aliphatic rings. The molecule has 0 radical (unpaired) electrons. The van der Waals surface area contributed by atoms with Crippen LogP contribution in [-0.2, 0) is 6.42 Å². The number of hydrogen-bond donors (Lipinski definition) is 0. The summed E-state index contributed by atoms with van der Waals surface area (Å²) in [6.07, 6.45) is 2.41. The summed E-state index contributed by atoms with van der Waals surface area (Å²) in [5, 5.41) is 0. The zero-order valence-corrected chi connectivity index (χ0v) is 9.53. The van der Waals surface area contributed by atoms with Gasteiger partial charge in [-0.3, -0.25) is 4.79 Å². The third-order valence-electron chi connectivity index (χ3n) is 3.02. The number of carbonyl (C=O) groups excluding carboxylic acids is 1. The summed E-state index contributed by atoms with van der Waals surface area (Å²) in [5.74, 6) is 1.24. The van der Waals surface area contributed by atoms with E-state index in [2.05, 4.69) is 0 Å². The third-order valence-corrected chi connectivity index (χ3v) is 3.02. The maximum Gasteiger partial charge on any atom is 0.228 e. The molecule has 2 aromatic rings. The van der Waals surface area contributed by atoms with E-state index in [1.807, 2.05) is 19.1 Å². The second kappa shape index (κ2) is 3.77. The second-order valence-corrected chi connectivity index (χ2v) is 4.18. The molecule has 0 aliphatic carbocycles. The van der Waals surface area contributed by atoms with Crippen LogP contribution in [0, 0.1) is 6.92 Å². The fourth-order valence-corrected chi connectivity index (χ4v) is 2.06. The number of benzene rings is 1. The Balaban J connectivity index is 2.00. The molecule has 0 fully saturated rings. The van der Waals surface area contributed by atoms with Gasteiger partial charge in [0.2, 0.25) is 5.78 Å². The quantitative estimate of drug-likeness (QED) is 0.742. The lowest BCUT2D eigenvalue weighted by atomic mass is 10.0. The summed E-state index contributed by atoms with van der Waals surface area (Å²) in [6.45, 7) is 2.57. The van der Waals surface area contributed by atoms with Gasteiger partial charge in [-0.1, -0.05) is 0 Å². The van der Waals surface area contributed by atoms with Gasteiger partial charge in [0.15, 0.2) is 5.76 Å². The molecule has 1 aromatic heterocycles. The number of carbonyl (C=O) groups is 1. The average Bonchev–Trinajstić information content (AvgIpc) is 2.95. The van der Waals surface area contributed by atoms with Gasteiger partial charge >= 0.3 is 0 Å². The van der Waals surface area contributed by atoms with Crippen molar-refractivity contribution in [1.82, 2.24) is 0 Å². The highest BCUT2D eigenvalue weighted by Gasteiger charge is 2.18. The van der Waals surface area contributed by atoms with Crippen molar-refractivity contribution in [1.29, 1.82) is 0 Å². The minimum absolute atomic E-state index is 0.0674. The fourth-order valence-electron chi connectivity index (χ4n) is 2.06. The van der Waals surface area contributed by atoms with E-state index in [9.17, 15) is 4.79 Å². The number of fused-ring (bicyclic) bond motifs is 1. The van der Waals surface area contributed by atoms with Crippen molar-refractivity contribution in [3.63, 3.8) is 0 Å². The highest BCUT2D eigenvalue weighted by Crippen LogP contribution is 2.27. The molecule has 0 saturated heterocycles. The van der Waals surface area contributed by atoms with Crippen LogP contribution in [0.5, 0.6) is 5.75 Å². The fraction of sp³-hybridized carbons (Fsp3) is 0.214. The average molecular weight is 228 g/mol. The Morgan fingerprint density at radius 1 is 1.29 bits per heavy atom. The Morgan fingerprint density at radius 2 is 2.18 bits per heavy atom. The van der Waals surface area contributed by atoms with E-state index in [1.165, 1.54) is 0 Å². The van der Waals surface area contributed by atoms with Crippen LogP contribution in [0.2, 0.25) is 0 Å². The van der Waals surface area contributed by atoms with Gasteiger partial charge in [-0.15, -0.1) is 0 Å². The topological polar surface area (TPSA) is 39.4 Å². The third kappa shape index (κ3) is 1.64. The summed E-state index contributed by atoms with van der Waals surface area (Å²) >= 11 is 0. The highest BCUT2D eigenvalue weighted by molar-refractivity contribution is 6.08. The van der Waals surface area contributed by atoms with Crippen LogP contribution in [0.15, 0.2) is 34.9 Å². The van der Waals surface area contributed by atoms with Crippen LogP contribution in [0.25, 0.3) is 0 Å². The molecule has 3 rings (SSSR count). The monoisotopic (exact) mass is 228 g/mol. The Bertz CT molecular complexity index is 581. The van der Waals surface area contributed by atoms with Gasteiger partial charge in [0.1, 0.15) is 5.75 Å². The smallest absolute Gasteiger partial charge is 0.228 e. The van der Waals surface area contributed by atoms with E-state index >= 15 is 0 Å². The standard InChI is InChI=1S/C14H12O3/c1-9-4-6-17-14(9)13(15)11-2-3-12-10(8-11)5-7-16-12/h2-4,6,8H,5,7H2,1H3. The molecule has 17 heavy (non-hydrogen) atoms. The first-order valence-electron chi connectivity index (χ1n) is 5.60. The first-order chi connectivity index (χ1) is 8.25. The Hall–Kier alpha value is -2.03. The zero-order chi connectivity index (χ0) is 11.8. The van der Waals surface area contributed by atoms with Crippen molar-refractivity contribution >= 4 is 5.78 Å². The Labute approximate surface area is 99.0 Å². The number of ketones is 1. The van der Waals surface area contributed by atoms with Crippen LogP contribution in [-0.4, -0.2) is 12.4 Å². The molecule has 1 aliphatic heterocycles. The van der Waals surface area contributed by atoms with Crippen LogP contribution in [0.1, 0.15) is 27.2 Å². The minimum Gasteiger partial charge on any atom is -0.493 e. The summed E-state index contributed by atoms with van der Waals surface area (Å²) in [4.78, 5) is 12.2. The van der Waals surface area contributed by atoms with Crippen molar-refractivity contribution in [3.8, 4) is 5.75 Å². The van der Waals surface area contributed by atoms with Crippen molar-refractivity contribution in [2.75, 3.05) is 6.61 Å². The van der Waals surface area contributed by atoms with Crippen LogP contribution in [0.3, 0.4) is 0 Å². The first-order valence-corrected chi connectivity index (χ1v) is 5.60. The van der Waals surface area contributed by atoms with Gasteiger partial charge in [-0.2, -0.15) is 0 Å². The molecular weight excluding hydrogens is 216 g/mol. The number of rotatable bonds is 2. The molecule has 1 aromatic carbocycles. The number of aryl methyl sites for hydroxylation is 1. The second-order valence-electron chi connectivity index (χ2n) is 4.18. The molecular formula is C14H12O3. The van der Waals surface area contributed by atoms with E-state index in [1.54, 1.807) is 18.4 Å². The van der Waals surface area contributed by atoms with Gasteiger partial charge in [-0.25, -0.2) is 0 Å². The number of hydrogen-bond acceptors (Lipinski definition) is 3. The van der Waals surface area contributed by atoms with Gasteiger partial charge in [0.25, 0.3) is 0 Å².